The van der Waals surface area contributed by atoms with Crippen LogP contribution < -0.4 is 0 Å². The van der Waals surface area contributed by atoms with Gasteiger partial charge in [-0.1, -0.05) is 140 Å². The number of benzene rings is 5. The Morgan fingerprint density at radius 3 is 1.35 bits per heavy atom. The first kappa shape index (κ1) is 25.2. The van der Waals surface area contributed by atoms with Gasteiger partial charge in [0.1, 0.15) is 0 Å². The van der Waals surface area contributed by atoms with Crippen LogP contribution in [0.2, 0.25) is 0 Å². The maximum atomic E-state index is 5.05. The minimum Gasteiger partial charge on any atom is -0.248 e. The highest BCUT2D eigenvalue weighted by molar-refractivity contribution is 6.14. The van der Waals surface area contributed by atoms with E-state index in [9.17, 15) is 0 Å². The molecule has 0 heterocycles. The summed E-state index contributed by atoms with van der Waals surface area (Å²) in [5.74, 6) is 0. The first-order valence-electron chi connectivity index (χ1n) is 13.7. The maximum absolute atomic E-state index is 5.05. The number of hydrogen-bond acceptors (Lipinski definition) is 2. The molecule has 6 rings (SSSR count). The fraction of sp³-hybridized carbons (Fsp3) is 0.0526. The molecule has 40 heavy (non-hydrogen) atoms. The molecule has 192 valence electrons. The van der Waals surface area contributed by atoms with Crippen molar-refractivity contribution in [1.29, 1.82) is 0 Å². The van der Waals surface area contributed by atoms with E-state index in [0.29, 0.717) is 0 Å². The fourth-order valence-electron chi connectivity index (χ4n) is 4.87. The minimum atomic E-state index is 0.941. The second-order valence-electron chi connectivity index (χ2n) is 9.75. The quantitative estimate of drug-likeness (QED) is 0.193. The molecule has 0 fully saturated rings. The molecule has 1 aliphatic carbocycles. The van der Waals surface area contributed by atoms with E-state index < -0.39 is 0 Å². The molecule has 0 atom stereocenters. The van der Waals surface area contributed by atoms with Gasteiger partial charge in [-0.05, 0) is 42.2 Å². The topological polar surface area (TPSA) is 24.7 Å². The Balaban J connectivity index is 1.31. The normalized spacial score (nSPS) is 13.7. The predicted octanol–water partition coefficient (Wildman–Crippen LogP) is 9.59. The zero-order chi connectivity index (χ0) is 27.0. The Morgan fingerprint density at radius 1 is 0.425 bits per heavy atom. The molecule has 0 saturated heterocycles. The van der Waals surface area contributed by atoms with E-state index in [0.717, 1.165) is 57.9 Å². The zero-order valence-electron chi connectivity index (χ0n) is 22.3. The maximum Gasteiger partial charge on any atom is 0.0781 e. The number of nitrogens with zero attached hydrogens (tertiary/aromatic N) is 2. The van der Waals surface area contributed by atoms with Crippen molar-refractivity contribution in [3.63, 3.8) is 0 Å². The number of aliphatic imine (C=N–C) groups is 2. The summed E-state index contributed by atoms with van der Waals surface area (Å²) in [4.78, 5) is 10.1. The van der Waals surface area contributed by atoms with Crippen LogP contribution in [0.25, 0.3) is 11.1 Å². The minimum absolute atomic E-state index is 0.941. The van der Waals surface area contributed by atoms with Gasteiger partial charge in [-0.3, -0.25) is 0 Å². The molecule has 0 bridgehead atoms. The van der Waals surface area contributed by atoms with E-state index in [1.54, 1.807) is 0 Å². The van der Waals surface area contributed by atoms with Crippen molar-refractivity contribution in [2.45, 2.75) is 12.8 Å². The van der Waals surface area contributed by atoms with Crippen molar-refractivity contribution in [3.05, 3.63) is 186 Å². The summed E-state index contributed by atoms with van der Waals surface area (Å²) in [6.07, 6.45) is 8.64. The third-order valence-electron chi connectivity index (χ3n) is 6.96. The molecule has 0 N–H and O–H groups in total. The van der Waals surface area contributed by atoms with Crippen LogP contribution >= 0.6 is 0 Å². The van der Waals surface area contributed by atoms with Crippen molar-refractivity contribution in [2.24, 2.45) is 9.98 Å². The monoisotopic (exact) mass is 514 g/mol. The van der Waals surface area contributed by atoms with Gasteiger partial charge in [0.2, 0.25) is 0 Å². The van der Waals surface area contributed by atoms with Gasteiger partial charge in [-0.25, -0.2) is 9.98 Å². The van der Waals surface area contributed by atoms with Gasteiger partial charge in [0.15, 0.2) is 0 Å². The van der Waals surface area contributed by atoms with Crippen LogP contribution in [0.5, 0.6) is 0 Å². The first-order chi connectivity index (χ1) is 19.8. The van der Waals surface area contributed by atoms with Crippen LogP contribution in [0.4, 0.5) is 5.69 Å². The van der Waals surface area contributed by atoms with E-state index in [-0.39, 0.29) is 0 Å². The molecule has 2 nitrogen and oxygen atoms in total. The van der Waals surface area contributed by atoms with Gasteiger partial charge in [-0.15, -0.1) is 0 Å². The lowest BCUT2D eigenvalue weighted by Crippen LogP contribution is -2.04. The van der Waals surface area contributed by atoms with Crippen LogP contribution in [-0.2, 0) is 0 Å². The van der Waals surface area contributed by atoms with Crippen molar-refractivity contribution in [1.82, 2.24) is 0 Å². The molecule has 1 aliphatic rings. The van der Waals surface area contributed by atoms with Crippen LogP contribution in [0.1, 0.15) is 35.1 Å². The Hall–Kier alpha value is -5.08. The lowest BCUT2D eigenvalue weighted by molar-refractivity contribution is 1.01. The van der Waals surface area contributed by atoms with E-state index >= 15 is 0 Å². The Morgan fingerprint density at radius 2 is 0.875 bits per heavy atom. The van der Waals surface area contributed by atoms with Gasteiger partial charge in [-0.2, -0.15) is 0 Å². The molecule has 0 unspecified atom stereocenters. The van der Waals surface area contributed by atoms with Gasteiger partial charge in [0.25, 0.3) is 0 Å². The zero-order valence-corrected chi connectivity index (χ0v) is 22.3. The Kier molecular flexibility index (Phi) is 7.68. The molecule has 5 aromatic carbocycles. The largest absolute Gasteiger partial charge is 0.248 e. The lowest BCUT2D eigenvalue weighted by atomic mass is 9.96. The van der Waals surface area contributed by atoms with Crippen LogP contribution in [0.3, 0.4) is 0 Å². The molecular weight excluding hydrogens is 484 g/mol. The van der Waals surface area contributed by atoms with Crippen LogP contribution in [0.15, 0.2) is 173 Å². The molecular formula is C38H30N2. The lowest BCUT2D eigenvalue weighted by Gasteiger charge is -2.12. The number of para-hydroxylation sites is 1. The molecule has 0 amide bonds. The second kappa shape index (κ2) is 12.2. The molecule has 0 aromatic heterocycles. The molecule has 0 radical (unpaired) electrons. The van der Waals surface area contributed by atoms with Crippen molar-refractivity contribution < 1.29 is 0 Å². The molecule has 5 aromatic rings. The Labute approximate surface area is 236 Å². The molecule has 0 spiro atoms. The smallest absolute Gasteiger partial charge is 0.0781 e. The van der Waals surface area contributed by atoms with E-state index in [2.05, 4.69) is 115 Å². The molecule has 0 aliphatic heterocycles. The predicted molar refractivity (Wildman–Crippen MR) is 169 cm³/mol. The summed E-state index contributed by atoms with van der Waals surface area (Å²) in [6.45, 7) is 0. The van der Waals surface area contributed by atoms with Crippen molar-refractivity contribution >= 4 is 17.1 Å². The summed E-state index contributed by atoms with van der Waals surface area (Å²) >= 11 is 0. The highest BCUT2D eigenvalue weighted by atomic mass is 14.8. The summed E-state index contributed by atoms with van der Waals surface area (Å²) < 4.78 is 0. The van der Waals surface area contributed by atoms with E-state index in [1.165, 1.54) is 11.1 Å². The first-order valence-corrected chi connectivity index (χ1v) is 13.7. The average molecular weight is 515 g/mol. The summed E-state index contributed by atoms with van der Waals surface area (Å²) in [6, 6.07) is 48.3. The summed E-state index contributed by atoms with van der Waals surface area (Å²) in [5.41, 5.74) is 10.7. The van der Waals surface area contributed by atoms with Crippen molar-refractivity contribution in [2.75, 3.05) is 0 Å². The van der Waals surface area contributed by atoms with E-state index in [4.69, 9.17) is 9.98 Å². The molecule has 0 saturated carbocycles. The van der Waals surface area contributed by atoms with Gasteiger partial charge >= 0.3 is 0 Å². The number of rotatable bonds is 7. The van der Waals surface area contributed by atoms with Crippen LogP contribution in [0, 0.1) is 0 Å². The van der Waals surface area contributed by atoms with Gasteiger partial charge in [0, 0.05) is 22.3 Å². The fourth-order valence-corrected chi connectivity index (χ4v) is 4.87. The van der Waals surface area contributed by atoms with Gasteiger partial charge < -0.3 is 0 Å². The number of hydrogen-bond donors (Lipinski definition) is 0. The highest BCUT2D eigenvalue weighted by Gasteiger charge is 2.11. The van der Waals surface area contributed by atoms with Gasteiger partial charge in [0.05, 0.1) is 22.8 Å². The third-order valence-corrected chi connectivity index (χ3v) is 6.96. The third kappa shape index (κ3) is 5.98. The summed E-state index contributed by atoms with van der Waals surface area (Å²) in [7, 11) is 0. The van der Waals surface area contributed by atoms with E-state index in [1.807, 2.05) is 42.5 Å². The SMILES string of the molecule is C1=CC(/N=C(\c2ccccc2)c2ccc(-c3ccc(/C(=N/c4ccccc4)c4ccccc4)cc3)cc2)=CCC1. The highest BCUT2D eigenvalue weighted by Crippen LogP contribution is 2.25. The van der Waals surface area contributed by atoms with Crippen LogP contribution in [-0.4, -0.2) is 11.4 Å². The second-order valence-corrected chi connectivity index (χ2v) is 9.75. The summed E-state index contributed by atoms with van der Waals surface area (Å²) in [5, 5.41) is 0. The number of allylic oxidation sites excluding steroid dienone is 3. The average Bonchev–Trinajstić information content (AvgIpc) is 3.05. The molecule has 2 heteroatoms. The standard InChI is InChI=1S/C38H30N2/c1-5-13-31(14-6-1)37(39-35-17-9-3-10-18-35)33-25-21-29(22-26-33)30-23-27-34(28-24-30)38(32-15-7-2-8-16-32)40-36-19-11-4-12-20-36/h1-3,5-11,13-28H,4,12H2/b39-37+,40-38+. The Bertz CT molecular complexity index is 1680. The van der Waals surface area contributed by atoms with Crippen molar-refractivity contribution in [3.8, 4) is 11.1 Å².